The van der Waals surface area contributed by atoms with E-state index in [4.69, 9.17) is 14.7 Å². The van der Waals surface area contributed by atoms with Gasteiger partial charge in [0, 0.05) is 19.9 Å². The number of hydrogen-bond acceptors (Lipinski definition) is 6. The van der Waals surface area contributed by atoms with Crippen molar-refractivity contribution in [2.24, 2.45) is 0 Å². The van der Waals surface area contributed by atoms with Gasteiger partial charge in [0.1, 0.15) is 17.7 Å². The molecule has 1 fully saturated rings. The fourth-order valence-corrected chi connectivity index (χ4v) is 2.81. The van der Waals surface area contributed by atoms with Gasteiger partial charge in [0.05, 0.1) is 29.8 Å². The number of carbonyl (C=O) groups is 1. The molecule has 1 aromatic heterocycles. The van der Waals surface area contributed by atoms with Crippen molar-refractivity contribution in [1.29, 1.82) is 5.26 Å². The molecule has 7 heteroatoms. The number of carbonyl (C=O) groups excluding carboxylic acids is 1. The molecule has 2 aromatic rings. The summed E-state index contributed by atoms with van der Waals surface area (Å²) in [4.78, 5) is 16.8. The summed E-state index contributed by atoms with van der Waals surface area (Å²) in [6.07, 6.45) is 1.98. The predicted octanol–water partition coefficient (Wildman–Crippen LogP) is 1.96. The smallest absolute Gasteiger partial charge is 0.255 e. The van der Waals surface area contributed by atoms with E-state index in [2.05, 4.69) is 21.7 Å². The van der Waals surface area contributed by atoms with Crippen molar-refractivity contribution in [3.8, 4) is 11.8 Å². The third kappa shape index (κ3) is 4.10. The number of hydrogen-bond donors (Lipinski definition) is 2. The van der Waals surface area contributed by atoms with Gasteiger partial charge in [-0.05, 0) is 42.8 Å². The molecule has 0 spiro atoms. The van der Waals surface area contributed by atoms with Crippen LogP contribution in [0.5, 0.6) is 5.75 Å². The maximum atomic E-state index is 12.7. The van der Waals surface area contributed by atoms with Gasteiger partial charge in [0.15, 0.2) is 0 Å². The Kier molecular flexibility index (Phi) is 5.66. The van der Waals surface area contributed by atoms with E-state index in [0.717, 1.165) is 0 Å². The van der Waals surface area contributed by atoms with Gasteiger partial charge < -0.3 is 20.1 Å². The third-order valence-corrected chi connectivity index (χ3v) is 4.18. The molecule has 0 bridgehead atoms. The average Bonchev–Trinajstić information content (AvgIpc) is 2.70. The van der Waals surface area contributed by atoms with Gasteiger partial charge in [0.25, 0.3) is 5.91 Å². The van der Waals surface area contributed by atoms with Gasteiger partial charge in [-0.3, -0.25) is 4.79 Å². The first-order valence-corrected chi connectivity index (χ1v) is 8.39. The van der Waals surface area contributed by atoms with E-state index in [1.54, 1.807) is 49.6 Å². The molecule has 0 unspecified atom stereocenters. The van der Waals surface area contributed by atoms with Gasteiger partial charge >= 0.3 is 0 Å². The minimum Gasteiger partial charge on any atom is -0.486 e. The lowest BCUT2D eigenvalue weighted by Gasteiger charge is -2.32. The zero-order valence-electron chi connectivity index (χ0n) is 14.4. The van der Waals surface area contributed by atoms with Crippen LogP contribution in [0.1, 0.15) is 22.3 Å². The lowest BCUT2D eigenvalue weighted by atomic mass is 10.0. The Bertz CT molecular complexity index is 801. The molecule has 2 heterocycles. The molecule has 1 amide bonds. The molecule has 2 atom stereocenters. The zero-order valence-corrected chi connectivity index (χ0v) is 14.4. The molecule has 0 saturated carbocycles. The summed E-state index contributed by atoms with van der Waals surface area (Å²) in [5.74, 6) is 0.959. The monoisotopic (exact) mass is 352 g/mol. The van der Waals surface area contributed by atoms with Crippen LogP contribution in [0.25, 0.3) is 0 Å². The Morgan fingerprint density at radius 2 is 2.15 bits per heavy atom. The first-order chi connectivity index (χ1) is 12.7. The lowest BCUT2D eigenvalue weighted by molar-refractivity contribution is -0.0135. The molecule has 0 radical (unpaired) electrons. The maximum Gasteiger partial charge on any atom is 0.255 e. The summed E-state index contributed by atoms with van der Waals surface area (Å²) < 4.78 is 11.5. The minimum atomic E-state index is -0.310. The Morgan fingerprint density at radius 1 is 1.35 bits per heavy atom. The highest BCUT2D eigenvalue weighted by Crippen LogP contribution is 2.19. The van der Waals surface area contributed by atoms with Crippen LogP contribution in [0.4, 0.5) is 5.82 Å². The molecule has 1 aromatic carbocycles. The third-order valence-electron chi connectivity index (χ3n) is 4.18. The summed E-state index contributed by atoms with van der Waals surface area (Å²) in [6, 6.07) is 12.2. The highest BCUT2D eigenvalue weighted by molar-refractivity contribution is 5.98. The summed E-state index contributed by atoms with van der Waals surface area (Å²) in [5.41, 5.74) is 1.05. The molecule has 2 N–H and O–H groups in total. The molecule has 1 saturated heterocycles. The van der Waals surface area contributed by atoms with Crippen molar-refractivity contribution in [3.05, 3.63) is 53.7 Å². The molecule has 26 heavy (non-hydrogen) atoms. The van der Waals surface area contributed by atoms with Crippen LogP contribution in [-0.2, 0) is 4.74 Å². The number of nitrogens with one attached hydrogen (secondary N) is 2. The van der Waals surface area contributed by atoms with E-state index < -0.39 is 0 Å². The number of amides is 1. The van der Waals surface area contributed by atoms with E-state index in [0.29, 0.717) is 42.3 Å². The molecule has 7 nitrogen and oxygen atoms in total. The number of aromatic nitrogens is 1. The zero-order chi connectivity index (χ0) is 18.4. The molecule has 1 aliphatic rings. The fourth-order valence-electron chi connectivity index (χ4n) is 2.81. The Balaban J connectivity index is 1.70. The van der Waals surface area contributed by atoms with Crippen LogP contribution in [0, 0.1) is 11.3 Å². The number of nitrogens with zero attached hydrogens (tertiary/aromatic N) is 2. The number of ether oxygens (including phenoxy) is 2. The molecule has 134 valence electrons. The largest absolute Gasteiger partial charge is 0.486 e. The lowest BCUT2D eigenvalue weighted by Crippen LogP contribution is -2.51. The van der Waals surface area contributed by atoms with Crippen LogP contribution >= 0.6 is 0 Å². The second-order valence-corrected chi connectivity index (χ2v) is 5.89. The van der Waals surface area contributed by atoms with E-state index in [1.807, 2.05) is 0 Å². The molecular weight excluding hydrogens is 332 g/mol. The summed E-state index contributed by atoms with van der Waals surface area (Å²) in [6.45, 7) is 0.945. The fraction of sp³-hybridized carbons (Fsp3) is 0.316. The van der Waals surface area contributed by atoms with Gasteiger partial charge in [0.2, 0.25) is 0 Å². The average molecular weight is 352 g/mol. The number of benzene rings is 1. The Hall–Kier alpha value is -3.11. The molecule has 3 rings (SSSR count). The van der Waals surface area contributed by atoms with Crippen molar-refractivity contribution >= 4 is 11.7 Å². The summed E-state index contributed by atoms with van der Waals surface area (Å²) in [7, 11) is 1.73. The van der Waals surface area contributed by atoms with E-state index in [-0.39, 0.29) is 18.1 Å². The standard InChI is InChI=1S/C19H20N4O3/c1-21-18-15(3-2-9-22-18)19(24)23-16-8-10-25-12-17(16)26-14-6-4-13(11-20)5-7-14/h2-7,9,16-17H,8,10,12H2,1H3,(H,21,22)(H,23,24)/t16-,17-/m1/s1. The van der Waals surface area contributed by atoms with Gasteiger partial charge in [-0.1, -0.05) is 0 Å². The normalized spacial score (nSPS) is 19.2. The van der Waals surface area contributed by atoms with E-state index in [1.165, 1.54) is 0 Å². The number of anilines is 1. The van der Waals surface area contributed by atoms with Gasteiger partial charge in [-0.15, -0.1) is 0 Å². The highest BCUT2D eigenvalue weighted by atomic mass is 16.5. The molecule has 1 aliphatic heterocycles. The van der Waals surface area contributed by atoms with Crippen molar-refractivity contribution < 1.29 is 14.3 Å². The van der Waals surface area contributed by atoms with E-state index >= 15 is 0 Å². The van der Waals surface area contributed by atoms with Crippen molar-refractivity contribution in [2.75, 3.05) is 25.6 Å². The van der Waals surface area contributed by atoms with Gasteiger partial charge in [-0.25, -0.2) is 4.98 Å². The number of nitriles is 1. The molecular formula is C19H20N4O3. The van der Waals surface area contributed by atoms with Crippen molar-refractivity contribution in [1.82, 2.24) is 10.3 Å². The van der Waals surface area contributed by atoms with Crippen LogP contribution < -0.4 is 15.4 Å². The maximum absolute atomic E-state index is 12.7. The van der Waals surface area contributed by atoms with Gasteiger partial charge in [-0.2, -0.15) is 5.26 Å². The summed E-state index contributed by atoms with van der Waals surface area (Å²) in [5, 5.41) is 14.8. The van der Waals surface area contributed by atoms with Crippen molar-refractivity contribution in [2.45, 2.75) is 18.6 Å². The van der Waals surface area contributed by atoms with Crippen molar-refractivity contribution in [3.63, 3.8) is 0 Å². The predicted molar refractivity (Wildman–Crippen MR) is 96.0 cm³/mol. The van der Waals surface area contributed by atoms with E-state index in [9.17, 15) is 4.79 Å². The van der Waals surface area contributed by atoms with Crippen LogP contribution in [-0.4, -0.2) is 43.3 Å². The van der Waals surface area contributed by atoms with Crippen LogP contribution in [0.2, 0.25) is 0 Å². The Labute approximate surface area is 152 Å². The first-order valence-electron chi connectivity index (χ1n) is 8.39. The number of pyridine rings is 1. The molecule has 0 aliphatic carbocycles. The SMILES string of the molecule is CNc1ncccc1C(=O)N[C@@H]1CCOC[C@H]1Oc1ccc(C#N)cc1. The van der Waals surface area contributed by atoms with Crippen LogP contribution in [0.3, 0.4) is 0 Å². The first kappa shape index (κ1) is 17.7. The highest BCUT2D eigenvalue weighted by Gasteiger charge is 2.29. The van der Waals surface area contributed by atoms with Crippen LogP contribution in [0.15, 0.2) is 42.6 Å². The minimum absolute atomic E-state index is 0.184. The Morgan fingerprint density at radius 3 is 2.88 bits per heavy atom. The second kappa shape index (κ2) is 8.32. The summed E-state index contributed by atoms with van der Waals surface area (Å²) >= 11 is 0. The quantitative estimate of drug-likeness (QED) is 0.854. The topological polar surface area (TPSA) is 96.3 Å². The second-order valence-electron chi connectivity index (χ2n) is 5.89. The number of rotatable bonds is 5.